The number of rotatable bonds is 7. The first kappa shape index (κ1) is 13.6. The van der Waals surface area contributed by atoms with Crippen molar-refractivity contribution in [3.8, 4) is 5.75 Å². The van der Waals surface area contributed by atoms with Gasteiger partial charge in [-0.1, -0.05) is 20.3 Å². The minimum atomic E-state index is -0.381. The maximum absolute atomic E-state index is 10.9. The third-order valence-corrected chi connectivity index (χ3v) is 3.37. The van der Waals surface area contributed by atoms with E-state index in [4.69, 9.17) is 4.74 Å². The van der Waals surface area contributed by atoms with Crippen LogP contribution in [-0.2, 0) is 0 Å². The highest BCUT2D eigenvalue weighted by Gasteiger charge is 2.35. The number of nitrogens with zero attached hydrogens (tertiary/aromatic N) is 1. The maximum Gasteiger partial charge on any atom is 0.275 e. The van der Waals surface area contributed by atoms with Crippen LogP contribution in [0.2, 0.25) is 0 Å². The molecule has 1 aliphatic carbocycles. The standard InChI is InChI=1S/C14H20N2O3/c1-3-5-19-13-8-11(7-12(9-13)16(17)18)15-14-6-10(14)4-2/h7-10,14-15H,3-6H2,1-2H3. The summed E-state index contributed by atoms with van der Waals surface area (Å²) in [5.74, 6) is 1.26. The zero-order valence-electron chi connectivity index (χ0n) is 11.4. The Hall–Kier alpha value is -1.78. The Bertz CT molecular complexity index is 462. The minimum Gasteiger partial charge on any atom is -0.493 e. The molecule has 2 atom stereocenters. The molecule has 104 valence electrons. The van der Waals surface area contributed by atoms with Gasteiger partial charge in [0.05, 0.1) is 17.6 Å². The number of hydrogen-bond donors (Lipinski definition) is 1. The zero-order chi connectivity index (χ0) is 13.8. The van der Waals surface area contributed by atoms with Crippen LogP contribution in [0.5, 0.6) is 5.75 Å². The predicted molar refractivity (Wildman–Crippen MR) is 74.7 cm³/mol. The van der Waals surface area contributed by atoms with Crippen LogP contribution in [0.15, 0.2) is 18.2 Å². The van der Waals surface area contributed by atoms with Crippen LogP contribution in [0.1, 0.15) is 33.1 Å². The van der Waals surface area contributed by atoms with Crippen LogP contribution < -0.4 is 10.1 Å². The molecule has 19 heavy (non-hydrogen) atoms. The number of nitro groups is 1. The summed E-state index contributed by atoms with van der Waals surface area (Å²) >= 11 is 0. The minimum absolute atomic E-state index is 0.0739. The fraction of sp³-hybridized carbons (Fsp3) is 0.571. The van der Waals surface area contributed by atoms with E-state index in [0.717, 1.165) is 24.9 Å². The molecule has 1 fully saturated rings. The molecule has 0 heterocycles. The van der Waals surface area contributed by atoms with Gasteiger partial charge in [0.2, 0.25) is 0 Å². The number of benzene rings is 1. The van der Waals surface area contributed by atoms with Crippen molar-refractivity contribution in [2.24, 2.45) is 5.92 Å². The number of non-ortho nitro benzene ring substituents is 1. The van der Waals surface area contributed by atoms with Crippen LogP contribution in [0.4, 0.5) is 11.4 Å². The number of anilines is 1. The topological polar surface area (TPSA) is 64.4 Å². The maximum atomic E-state index is 10.9. The van der Waals surface area contributed by atoms with Gasteiger partial charge in [-0.2, -0.15) is 0 Å². The monoisotopic (exact) mass is 264 g/mol. The second-order valence-corrected chi connectivity index (χ2v) is 4.98. The van der Waals surface area contributed by atoms with Crippen molar-refractivity contribution >= 4 is 11.4 Å². The third-order valence-electron chi connectivity index (χ3n) is 3.37. The van der Waals surface area contributed by atoms with Gasteiger partial charge in [0.1, 0.15) is 5.75 Å². The molecule has 0 spiro atoms. The Kier molecular flexibility index (Phi) is 4.24. The van der Waals surface area contributed by atoms with Gasteiger partial charge in [0.15, 0.2) is 0 Å². The molecule has 1 N–H and O–H groups in total. The lowest BCUT2D eigenvalue weighted by molar-refractivity contribution is -0.384. The molecule has 2 unspecified atom stereocenters. The predicted octanol–water partition coefficient (Wildman–Crippen LogP) is 3.59. The summed E-state index contributed by atoms with van der Waals surface area (Å²) in [7, 11) is 0. The molecule has 5 heteroatoms. The Morgan fingerprint density at radius 3 is 2.79 bits per heavy atom. The Morgan fingerprint density at radius 1 is 1.42 bits per heavy atom. The second-order valence-electron chi connectivity index (χ2n) is 4.98. The van der Waals surface area contributed by atoms with Gasteiger partial charge in [0, 0.05) is 23.9 Å². The summed E-state index contributed by atoms with van der Waals surface area (Å²) in [5, 5.41) is 14.3. The van der Waals surface area contributed by atoms with E-state index in [2.05, 4.69) is 12.2 Å². The van der Waals surface area contributed by atoms with E-state index < -0.39 is 0 Å². The number of ether oxygens (including phenoxy) is 1. The lowest BCUT2D eigenvalue weighted by atomic mass is 10.2. The van der Waals surface area contributed by atoms with Crippen molar-refractivity contribution < 1.29 is 9.66 Å². The first-order valence-electron chi connectivity index (χ1n) is 6.82. The van der Waals surface area contributed by atoms with Crippen molar-refractivity contribution in [3.63, 3.8) is 0 Å². The van der Waals surface area contributed by atoms with Gasteiger partial charge in [0.25, 0.3) is 5.69 Å². The molecule has 0 aromatic heterocycles. The van der Waals surface area contributed by atoms with Crippen molar-refractivity contribution in [1.82, 2.24) is 0 Å². The van der Waals surface area contributed by atoms with Crippen LogP contribution >= 0.6 is 0 Å². The molecule has 0 amide bonds. The average molecular weight is 264 g/mol. The Morgan fingerprint density at radius 2 is 2.21 bits per heavy atom. The number of hydrogen-bond acceptors (Lipinski definition) is 4. The summed E-state index contributed by atoms with van der Waals surface area (Å²) in [6.07, 6.45) is 3.17. The van der Waals surface area contributed by atoms with Gasteiger partial charge in [-0.3, -0.25) is 10.1 Å². The largest absolute Gasteiger partial charge is 0.493 e. The van der Waals surface area contributed by atoms with Gasteiger partial charge >= 0.3 is 0 Å². The molecule has 1 aromatic carbocycles. The van der Waals surface area contributed by atoms with Crippen molar-refractivity contribution in [3.05, 3.63) is 28.3 Å². The van der Waals surface area contributed by atoms with E-state index in [1.54, 1.807) is 6.07 Å². The fourth-order valence-corrected chi connectivity index (χ4v) is 2.16. The highest BCUT2D eigenvalue weighted by atomic mass is 16.6. The fourth-order valence-electron chi connectivity index (χ4n) is 2.16. The van der Waals surface area contributed by atoms with E-state index in [0.29, 0.717) is 24.3 Å². The van der Waals surface area contributed by atoms with Crippen LogP contribution in [0.25, 0.3) is 0 Å². The highest BCUT2D eigenvalue weighted by molar-refractivity contribution is 5.57. The Labute approximate surface area is 113 Å². The van der Waals surface area contributed by atoms with Gasteiger partial charge < -0.3 is 10.1 Å². The first-order chi connectivity index (χ1) is 9.13. The molecule has 1 aromatic rings. The normalized spacial score (nSPS) is 20.9. The summed E-state index contributed by atoms with van der Waals surface area (Å²) in [4.78, 5) is 10.5. The van der Waals surface area contributed by atoms with Crippen molar-refractivity contribution in [1.29, 1.82) is 0 Å². The van der Waals surface area contributed by atoms with Gasteiger partial charge in [-0.15, -0.1) is 0 Å². The first-order valence-corrected chi connectivity index (χ1v) is 6.82. The molecule has 1 saturated carbocycles. The molecule has 0 saturated heterocycles. The third kappa shape index (κ3) is 3.59. The molecule has 0 radical (unpaired) electrons. The number of nitro benzene ring substituents is 1. The van der Waals surface area contributed by atoms with E-state index in [9.17, 15) is 10.1 Å². The molecule has 5 nitrogen and oxygen atoms in total. The van der Waals surface area contributed by atoms with Gasteiger partial charge in [-0.05, 0) is 18.8 Å². The molecule has 0 bridgehead atoms. The zero-order valence-corrected chi connectivity index (χ0v) is 11.4. The molecular weight excluding hydrogens is 244 g/mol. The molecule has 1 aliphatic rings. The van der Waals surface area contributed by atoms with Crippen LogP contribution in [0.3, 0.4) is 0 Å². The second kappa shape index (κ2) is 5.91. The van der Waals surface area contributed by atoms with Crippen molar-refractivity contribution in [2.75, 3.05) is 11.9 Å². The summed E-state index contributed by atoms with van der Waals surface area (Å²) in [5.41, 5.74) is 0.853. The number of nitrogens with one attached hydrogen (secondary N) is 1. The lowest BCUT2D eigenvalue weighted by Crippen LogP contribution is -2.05. The van der Waals surface area contributed by atoms with Gasteiger partial charge in [-0.25, -0.2) is 0 Å². The Balaban J connectivity index is 2.12. The van der Waals surface area contributed by atoms with Crippen LogP contribution in [-0.4, -0.2) is 17.6 Å². The van der Waals surface area contributed by atoms with Crippen LogP contribution in [0, 0.1) is 16.0 Å². The van der Waals surface area contributed by atoms with E-state index in [1.807, 2.05) is 13.0 Å². The van der Waals surface area contributed by atoms with Crippen molar-refractivity contribution in [2.45, 2.75) is 39.2 Å². The van der Waals surface area contributed by atoms with E-state index in [-0.39, 0.29) is 10.6 Å². The molecular formula is C14H20N2O3. The summed E-state index contributed by atoms with van der Waals surface area (Å²) in [6.45, 7) is 4.74. The molecule has 2 rings (SSSR count). The lowest BCUT2D eigenvalue weighted by Gasteiger charge is -2.09. The quantitative estimate of drug-likeness (QED) is 0.603. The van der Waals surface area contributed by atoms with E-state index in [1.165, 1.54) is 6.07 Å². The SMILES string of the molecule is CCCOc1cc(NC2CC2CC)cc([N+](=O)[O-])c1. The molecule has 0 aliphatic heterocycles. The summed E-state index contributed by atoms with van der Waals surface area (Å²) < 4.78 is 5.50. The van der Waals surface area contributed by atoms with E-state index >= 15 is 0 Å². The average Bonchev–Trinajstić information content (AvgIpc) is 3.14. The highest BCUT2D eigenvalue weighted by Crippen LogP contribution is 2.37. The smallest absolute Gasteiger partial charge is 0.275 e. The summed E-state index contributed by atoms with van der Waals surface area (Å²) in [6, 6.07) is 5.34.